The van der Waals surface area contributed by atoms with Gasteiger partial charge in [0.05, 0.1) is 10.3 Å². The van der Waals surface area contributed by atoms with E-state index in [2.05, 4.69) is 4.98 Å². The normalized spacial score (nSPS) is 23.0. The Morgan fingerprint density at radius 1 is 1.27 bits per heavy atom. The van der Waals surface area contributed by atoms with Gasteiger partial charge in [0, 0.05) is 43.4 Å². The fraction of sp³-hybridized carbons (Fsp3) is 0.450. The van der Waals surface area contributed by atoms with Gasteiger partial charge in [-0.25, -0.2) is 0 Å². The van der Waals surface area contributed by atoms with Crippen LogP contribution in [0.1, 0.15) is 39.4 Å². The summed E-state index contributed by atoms with van der Waals surface area (Å²) in [6, 6.07) is 7.78. The van der Waals surface area contributed by atoms with Crippen molar-refractivity contribution >= 4 is 23.2 Å². The van der Waals surface area contributed by atoms with Crippen molar-refractivity contribution < 1.29 is 9.59 Å². The molecule has 6 heteroatoms. The molecule has 2 aliphatic rings. The minimum Gasteiger partial charge on any atom is -0.338 e. The lowest BCUT2D eigenvalue weighted by Gasteiger charge is -2.39. The van der Waals surface area contributed by atoms with E-state index in [9.17, 15) is 9.59 Å². The molecule has 4 heterocycles. The molecule has 2 amide bonds. The fourth-order valence-corrected chi connectivity index (χ4v) is 4.98. The van der Waals surface area contributed by atoms with Crippen molar-refractivity contribution in [2.75, 3.05) is 19.6 Å². The first-order valence-corrected chi connectivity index (χ1v) is 9.93. The number of carbonyl (C=O) groups excluding carboxylic acids is 2. The molecular weight excluding hydrogens is 346 g/mol. The van der Waals surface area contributed by atoms with Crippen molar-refractivity contribution in [2.24, 2.45) is 5.41 Å². The van der Waals surface area contributed by atoms with E-state index >= 15 is 0 Å². The van der Waals surface area contributed by atoms with E-state index in [-0.39, 0.29) is 11.8 Å². The van der Waals surface area contributed by atoms with Crippen LogP contribution in [-0.4, -0.2) is 46.2 Å². The Morgan fingerprint density at radius 3 is 2.88 bits per heavy atom. The topological polar surface area (TPSA) is 53.5 Å². The second kappa shape index (κ2) is 6.83. The number of hydrogen-bond donors (Lipinski definition) is 0. The summed E-state index contributed by atoms with van der Waals surface area (Å²) in [7, 11) is 0. The van der Waals surface area contributed by atoms with Crippen LogP contribution in [0.15, 0.2) is 36.7 Å². The van der Waals surface area contributed by atoms with Gasteiger partial charge in [-0.2, -0.15) is 0 Å². The van der Waals surface area contributed by atoms with Gasteiger partial charge in [0.2, 0.25) is 5.91 Å². The first-order chi connectivity index (χ1) is 12.6. The monoisotopic (exact) mass is 369 g/mol. The van der Waals surface area contributed by atoms with Gasteiger partial charge in [-0.15, -0.1) is 11.3 Å². The maximum absolute atomic E-state index is 13.2. The number of piperidine rings is 1. The summed E-state index contributed by atoms with van der Waals surface area (Å²) >= 11 is 1.53. The van der Waals surface area contributed by atoms with Crippen molar-refractivity contribution in [2.45, 2.75) is 32.7 Å². The lowest BCUT2D eigenvalue weighted by atomic mass is 9.78. The van der Waals surface area contributed by atoms with Gasteiger partial charge in [0.1, 0.15) is 0 Å². The maximum atomic E-state index is 13.2. The number of amides is 2. The number of pyridine rings is 1. The van der Waals surface area contributed by atoms with E-state index in [0.717, 1.165) is 41.1 Å². The van der Waals surface area contributed by atoms with Crippen molar-refractivity contribution in [1.29, 1.82) is 0 Å². The summed E-state index contributed by atoms with van der Waals surface area (Å²) in [4.78, 5) is 35.9. The molecule has 1 unspecified atom stereocenters. The molecule has 2 aliphatic heterocycles. The van der Waals surface area contributed by atoms with E-state index in [4.69, 9.17) is 0 Å². The number of rotatable bonds is 3. The highest BCUT2D eigenvalue weighted by Gasteiger charge is 2.49. The van der Waals surface area contributed by atoms with Crippen LogP contribution in [0.2, 0.25) is 0 Å². The molecule has 0 aromatic carbocycles. The number of likely N-dealkylation sites (tertiary alicyclic amines) is 2. The number of carbonyl (C=O) groups is 2. The van der Waals surface area contributed by atoms with Gasteiger partial charge < -0.3 is 9.80 Å². The second-order valence-corrected chi connectivity index (χ2v) is 8.65. The third-order valence-electron chi connectivity index (χ3n) is 5.51. The van der Waals surface area contributed by atoms with Crippen LogP contribution in [-0.2, 0) is 11.3 Å². The number of hydrogen-bond acceptors (Lipinski definition) is 4. The standard InChI is InChI=1S/C20H23N3O2S/c1-15-5-6-17(26-15)18(24)23-11-8-20(14-23)7-3-10-22(19(20)25)13-16-4-2-9-21-12-16/h2,4-6,9,12H,3,7-8,10-11,13-14H2,1H3. The summed E-state index contributed by atoms with van der Waals surface area (Å²) < 4.78 is 0. The first kappa shape index (κ1) is 17.2. The molecule has 26 heavy (non-hydrogen) atoms. The molecule has 0 aliphatic carbocycles. The molecule has 2 saturated heterocycles. The van der Waals surface area contributed by atoms with Gasteiger partial charge in [0.25, 0.3) is 5.91 Å². The predicted molar refractivity (Wildman–Crippen MR) is 101 cm³/mol. The average molecular weight is 369 g/mol. The van der Waals surface area contributed by atoms with Gasteiger partial charge >= 0.3 is 0 Å². The molecule has 0 radical (unpaired) electrons. The minimum absolute atomic E-state index is 0.0668. The third kappa shape index (κ3) is 3.14. The van der Waals surface area contributed by atoms with E-state index in [0.29, 0.717) is 19.6 Å². The Bertz CT molecular complexity index is 819. The SMILES string of the molecule is Cc1ccc(C(=O)N2CCC3(CCCN(Cc4cccnc4)C3=O)C2)s1. The average Bonchev–Trinajstić information content (AvgIpc) is 3.27. The molecule has 136 valence electrons. The van der Waals surface area contributed by atoms with Crippen molar-refractivity contribution in [3.63, 3.8) is 0 Å². The van der Waals surface area contributed by atoms with Crippen LogP contribution in [0, 0.1) is 12.3 Å². The molecule has 2 fully saturated rings. The van der Waals surface area contributed by atoms with E-state index in [1.807, 2.05) is 47.2 Å². The smallest absolute Gasteiger partial charge is 0.263 e. The molecule has 1 spiro atoms. The summed E-state index contributed by atoms with van der Waals surface area (Å²) in [6.07, 6.45) is 6.20. The van der Waals surface area contributed by atoms with Crippen molar-refractivity contribution in [1.82, 2.24) is 14.8 Å². The van der Waals surface area contributed by atoms with E-state index in [1.54, 1.807) is 6.20 Å². The van der Waals surface area contributed by atoms with Crippen molar-refractivity contribution in [3.05, 3.63) is 52.0 Å². The zero-order chi connectivity index (χ0) is 18.1. The minimum atomic E-state index is -0.400. The number of aromatic nitrogens is 1. The predicted octanol–water partition coefficient (Wildman–Crippen LogP) is 3.11. The lowest BCUT2D eigenvalue weighted by Crippen LogP contribution is -2.50. The highest BCUT2D eigenvalue weighted by Crippen LogP contribution is 2.41. The van der Waals surface area contributed by atoms with Crippen LogP contribution < -0.4 is 0 Å². The Balaban J connectivity index is 1.48. The van der Waals surface area contributed by atoms with E-state index < -0.39 is 5.41 Å². The van der Waals surface area contributed by atoms with Crippen LogP contribution in [0.5, 0.6) is 0 Å². The van der Waals surface area contributed by atoms with Crippen LogP contribution in [0.4, 0.5) is 0 Å². The number of aryl methyl sites for hydroxylation is 1. The van der Waals surface area contributed by atoms with Gasteiger partial charge in [-0.3, -0.25) is 14.6 Å². The maximum Gasteiger partial charge on any atom is 0.263 e. The second-order valence-electron chi connectivity index (χ2n) is 7.36. The van der Waals surface area contributed by atoms with Crippen LogP contribution >= 0.6 is 11.3 Å². The Hall–Kier alpha value is -2.21. The highest BCUT2D eigenvalue weighted by atomic mass is 32.1. The van der Waals surface area contributed by atoms with Crippen molar-refractivity contribution in [3.8, 4) is 0 Å². The molecule has 0 bridgehead atoms. The molecule has 2 aromatic heterocycles. The first-order valence-electron chi connectivity index (χ1n) is 9.11. The fourth-order valence-electron chi connectivity index (χ4n) is 4.14. The Morgan fingerprint density at radius 2 is 2.15 bits per heavy atom. The van der Waals surface area contributed by atoms with Crippen LogP contribution in [0.25, 0.3) is 0 Å². The molecule has 4 rings (SSSR count). The summed E-state index contributed by atoms with van der Waals surface area (Å²) in [5.74, 6) is 0.266. The number of nitrogens with zero attached hydrogens (tertiary/aromatic N) is 3. The summed E-state index contributed by atoms with van der Waals surface area (Å²) in [5.41, 5.74) is 0.653. The Kier molecular flexibility index (Phi) is 4.53. The van der Waals surface area contributed by atoms with E-state index in [1.165, 1.54) is 11.3 Å². The zero-order valence-electron chi connectivity index (χ0n) is 15.0. The van der Waals surface area contributed by atoms with Gasteiger partial charge in [-0.05, 0) is 49.9 Å². The molecule has 1 atom stereocenters. The molecule has 2 aromatic rings. The third-order valence-corrected chi connectivity index (χ3v) is 6.50. The lowest BCUT2D eigenvalue weighted by molar-refractivity contribution is -0.146. The molecular formula is C20H23N3O2S. The Labute approximate surface area is 157 Å². The molecule has 0 N–H and O–H groups in total. The summed E-state index contributed by atoms with van der Waals surface area (Å²) in [5, 5.41) is 0. The molecule has 5 nitrogen and oxygen atoms in total. The highest BCUT2D eigenvalue weighted by molar-refractivity contribution is 7.13. The largest absolute Gasteiger partial charge is 0.338 e. The summed E-state index contributed by atoms with van der Waals surface area (Å²) in [6.45, 7) is 4.61. The molecule has 0 saturated carbocycles. The van der Waals surface area contributed by atoms with Crippen LogP contribution in [0.3, 0.4) is 0 Å². The quantitative estimate of drug-likeness (QED) is 0.835. The van der Waals surface area contributed by atoms with Gasteiger partial charge in [-0.1, -0.05) is 6.07 Å². The van der Waals surface area contributed by atoms with Gasteiger partial charge in [0.15, 0.2) is 0 Å². The zero-order valence-corrected chi connectivity index (χ0v) is 15.8. The number of thiophene rings is 1.